The molecule has 2 aliphatic heterocycles. The van der Waals surface area contributed by atoms with Crippen LogP contribution in [0, 0.1) is 6.92 Å². The molecule has 9 heteroatoms. The maximum absolute atomic E-state index is 13.3. The van der Waals surface area contributed by atoms with Gasteiger partial charge in [0, 0.05) is 29.9 Å². The monoisotopic (exact) mass is 540 g/mol. The molecule has 3 N–H and O–H groups in total. The quantitative estimate of drug-likeness (QED) is 0.231. The Morgan fingerprint density at radius 3 is 2.35 bits per heavy atom. The van der Waals surface area contributed by atoms with Crippen LogP contribution < -0.4 is 16.1 Å². The molecule has 2 aliphatic rings. The number of piperidine rings is 1. The number of amides is 2. The average molecular weight is 541 g/mol. The molecule has 0 spiro atoms. The van der Waals surface area contributed by atoms with Crippen molar-refractivity contribution in [2.24, 2.45) is 0 Å². The van der Waals surface area contributed by atoms with Crippen molar-refractivity contribution in [2.75, 3.05) is 37.9 Å². The van der Waals surface area contributed by atoms with E-state index < -0.39 is 5.97 Å². The van der Waals surface area contributed by atoms with E-state index in [0.717, 1.165) is 31.5 Å². The predicted octanol–water partition coefficient (Wildman–Crippen LogP) is 4.47. The number of anilines is 2. The third kappa shape index (κ3) is 5.75. The Labute approximate surface area is 233 Å². The number of methoxy groups -OCH3 is 1. The van der Waals surface area contributed by atoms with Crippen molar-refractivity contribution in [3.05, 3.63) is 94.5 Å². The molecule has 206 valence electrons. The van der Waals surface area contributed by atoms with Crippen LogP contribution in [0.15, 0.2) is 66.7 Å². The number of carbonyl (C=O) groups excluding carboxylic acids is 3. The van der Waals surface area contributed by atoms with Crippen LogP contribution in [0.4, 0.5) is 11.4 Å². The van der Waals surface area contributed by atoms with Crippen LogP contribution in [-0.2, 0) is 14.4 Å². The van der Waals surface area contributed by atoms with Gasteiger partial charge in [-0.15, -0.1) is 0 Å². The second kappa shape index (κ2) is 11.7. The van der Waals surface area contributed by atoms with Crippen molar-refractivity contribution in [1.29, 1.82) is 0 Å². The number of nitrogens with zero attached hydrogens (tertiary/aromatic N) is 1. The number of esters is 1. The van der Waals surface area contributed by atoms with Crippen LogP contribution in [0.25, 0.3) is 11.3 Å². The van der Waals surface area contributed by atoms with Crippen LogP contribution in [0.2, 0.25) is 0 Å². The summed E-state index contributed by atoms with van der Waals surface area (Å²) in [4.78, 5) is 46.0. The fourth-order valence-corrected chi connectivity index (χ4v) is 4.94. The van der Waals surface area contributed by atoms with Gasteiger partial charge in [0.25, 0.3) is 11.8 Å². The standard InChI is InChI=1S/C31H32N4O5/c1-19-17-25-26(18-24(19)31(38)39-3)33-30(37)27(25)28(20-7-5-4-6-8-20)32-22-11-9-21(10-12-22)29(36)34-40-23-13-15-35(2)16-14-23/h4-12,17-18,23,32H,13-16H2,1-3H3,(H,33,37)(H,34,36)/b28-27-. The molecule has 0 radical (unpaired) electrons. The lowest BCUT2D eigenvalue weighted by molar-refractivity contribution is -0.110. The van der Waals surface area contributed by atoms with Crippen molar-refractivity contribution >= 4 is 40.4 Å². The first-order valence-electron chi connectivity index (χ1n) is 13.2. The van der Waals surface area contributed by atoms with Crippen LogP contribution in [0.1, 0.15) is 50.2 Å². The second-order valence-corrected chi connectivity index (χ2v) is 10.0. The second-order valence-electron chi connectivity index (χ2n) is 10.0. The molecule has 3 aromatic carbocycles. The Hall–Kier alpha value is -4.47. The van der Waals surface area contributed by atoms with E-state index in [-0.39, 0.29) is 17.9 Å². The molecule has 1 saturated heterocycles. The maximum Gasteiger partial charge on any atom is 0.338 e. The summed E-state index contributed by atoms with van der Waals surface area (Å²) < 4.78 is 4.89. The largest absolute Gasteiger partial charge is 0.465 e. The highest BCUT2D eigenvalue weighted by Crippen LogP contribution is 2.39. The lowest BCUT2D eigenvalue weighted by Crippen LogP contribution is -2.38. The van der Waals surface area contributed by atoms with Gasteiger partial charge in [-0.1, -0.05) is 30.3 Å². The van der Waals surface area contributed by atoms with Gasteiger partial charge < -0.3 is 20.3 Å². The maximum atomic E-state index is 13.3. The number of aryl methyl sites for hydroxylation is 1. The van der Waals surface area contributed by atoms with E-state index in [0.29, 0.717) is 44.9 Å². The first kappa shape index (κ1) is 27.1. The minimum atomic E-state index is -0.464. The average Bonchev–Trinajstić information content (AvgIpc) is 3.29. The Balaban J connectivity index is 1.41. The smallest absolute Gasteiger partial charge is 0.338 e. The SMILES string of the molecule is COC(=O)c1cc2c(cc1C)/C(=C(/Nc1ccc(C(=O)NOC3CCN(C)CC3)cc1)c1ccccc1)C(=O)N2. The molecule has 0 unspecified atom stereocenters. The molecular weight excluding hydrogens is 508 g/mol. The molecule has 40 heavy (non-hydrogen) atoms. The molecule has 0 aromatic heterocycles. The Morgan fingerprint density at radius 1 is 0.975 bits per heavy atom. The number of likely N-dealkylation sites (tertiary alicyclic amines) is 1. The van der Waals surface area contributed by atoms with E-state index in [1.807, 2.05) is 43.3 Å². The lowest BCUT2D eigenvalue weighted by atomic mass is 9.96. The van der Waals surface area contributed by atoms with Gasteiger partial charge in [-0.2, -0.15) is 0 Å². The summed E-state index contributed by atoms with van der Waals surface area (Å²) in [5.74, 6) is -1.06. The van der Waals surface area contributed by atoms with E-state index in [2.05, 4.69) is 28.1 Å². The van der Waals surface area contributed by atoms with Crippen molar-refractivity contribution in [3.8, 4) is 0 Å². The Bertz CT molecular complexity index is 1460. The summed E-state index contributed by atoms with van der Waals surface area (Å²) in [5.41, 5.74) is 7.92. The molecule has 2 amide bonds. The topological polar surface area (TPSA) is 109 Å². The molecule has 3 aromatic rings. The minimum Gasteiger partial charge on any atom is -0.465 e. The summed E-state index contributed by atoms with van der Waals surface area (Å²) in [6, 6.07) is 20.0. The number of benzene rings is 3. The van der Waals surface area contributed by atoms with Gasteiger partial charge in [-0.05, 0) is 74.3 Å². The molecule has 0 aliphatic carbocycles. The molecule has 0 atom stereocenters. The normalized spacial score (nSPS) is 16.6. The highest BCUT2D eigenvalue weighted by molar-refractivity contribution is 6.37. The van der Waals surface area contributed by atoms with Crippen LogP contribution in [0.3, 0.4) is 0 Å². The van der Waals surface area contributed by atoms with E-state index in [9.17, 15) is 14.4 Å². The van der Waals surface area contributed by atoms with E-state index >= 15 is 0 Å². The molecule has 0 bridgehead atoms. The third-order valence-corrected chi connectivity index (χ3v) is 7.23. The Kier molecular flexibility index (Phi) is 7.95. The number of rotatable bonds is 7. The highest BCUT2D eigenvalue weighted by atomic mass is 16.7. The molecular formula is C31H32N4O5. The van der Waals surface area contributed by atoms with Gasteiger partial charge in [0.1, 0.15) is 0 Å². The number of ether oxygens (including phenoxy) is 1. The zero-order chi connectivity index (χ0) is 28.2. The number of carbonyl (C=O) groups is 3. The van der Waals surface area contributed by atoms with Crippen molar-refractivity contribution < 1.29 is 24.0 Å². The van der Waals surface area contributed by atoms with Gasteiger partial charge >= 0.3 is 5.97 Å². The van der Waals surface area contributed by atoms with Crippen LogP contribution in [-0.4, -0.2) is 56.0 Å². The lowest BCUT2D eigenvalue weighted by Gasteiger charge is -2.28. The first-order valence-corrected chi connectivity index (χ1v) is 13.2. The molecule has 5 rings (SSSR count). The predicted molar refractivity (Wildman–Crippen MR) is 154 cm³/mol. The zero-order valence-corrected chi connectivity index (χ0v) is 22.7. The highest BCUT2D eigenvalue weighted by Gasteiger charge is 2.30. The molecule has 1 fully saturated rings. The van der Waals surface area contributed by atoms with Crippen molar-refractivity contribution in [3.63, 3.8) is 0 Å². The summed E-state index contributed by atoms with van der Waals surface area (Å²) in [5, 5.41) is 6.27. The fourth-order valence-electron chi connectivity index (χ4n) is 4.94. The number of nitrogens with one attached hydrogen (secondary N) is 3. The molecule has 2 heterocycles. The van der Waals surface area contributed by atoms with Gasteiger partial charge in [0.2, 0.25) is 0 Å². The minimum absolute atomic E-state index is 0.00826. The number of fused-ring (bicyclic) bond motifs is 1. The van der Waals surface area contributed by atoms with Crippen LogP contribution >= 0.6 is 0 Å². The molecule has 9 nitrogen and oxygen atoms in total. The number of hydroxylamine groups is 1. The zero-order valence-electron chi connectivity index (χ0n) is 22.7. The van der Waals surface area contributed by atoms with Gasteiger partial charge in [0.15, 0.2) is 0 Å². The van der Waals surface area contributed by atoms with Gasteiger partial charge in [0.05, 0.1) is 35.7 Å². The van der Waals surface area contributed by atoms with Crippen LogP contribution in [0.5, 0.6) is 0 Å². The van der Waals surface area contributed by atoms with Gasteiger partial charge in [-0.3, -0.25) is 14.4 Å². The van der Waals surface area contributed by atoms with E-state index in [1.54, 1.807) is 30.3 Å². The fraction of sp³-hybridized carbons (Fsp3) is 0.258. The van der Waals surface area contributed by atoms with E-state index in [4.69, 9.17) is 9.57 Å². The molecule has 0 saturated carbocycles. The number of hydrogen-bond acceptors (Lipinski definition) is 7. The Morgan fingerprint density at radius 2 is 1.68 bits per heavy atom. The summed E-state index contributed by atoms with van der Waals surface area (Å²) in [7, 11) is 3.40. The third-order valence-electron chi connectivity index (χ3n) is 7.23. The summed E-state index contributed by atoms with van der Waals surface area (Å²) in [6.07, 6.45) is 1.75. The summed E-state index contributed by atoms with van der Waals surface area (Å²) in [6.45, 7) is 3.69. The summed E-state index contributed by atoms with van der Waals surface area (Å²) >= 11 is 0. The van der Waals surface area contributed by atoms with Gasteiger partial charge in [-0.25, -0.2) is 10.3 Å². The van der Waals surface area contributed by atoms with E-state index in [1.165, 1.54) is 7.11 Å². The van der Waals surface area contributed by atoms with Crippen molar-refractivity contribution in [1.82, 2.24) is 10.4 Å². The first-order chi connectivity index (χ1) is 19.3. The van der Waals surface area contributed by atoms with Crippen molar-refractivity contribution in [2.45, 2.75) is 25.9 Å². The number of hydrogen-bond donors (Lipinski definition) is 3.